The number of aryl methyl sites for hydroxylation is 1. The number of rotatable bonds is 2. The van der Waals surface area contributed by atoms with Gasteiger partial charge >= 0.3 is 12.1 Å². The molecule has 0 unspecified atom stereocenters. The maximum atomic E-state index is 12.2. The number of ether oxygens (including phenoxy) is 2. The van der Waals surface area contributed by atoms with Crippen LogP contribution >= 0.6 is 0 Å². The van der Waals surface area contributed by atoms with Crippen LogP contribution in [0.15, 0.2) is 18.2 Å². The highest BCUT2D eigenvalue weighted by molar-refractivity contribution is 5.77. The normalized spacial score (nSPS) is 10.1. The van der Waals surface area contributed by atoms with Gasteiger partial charge in [0.1, 0.15) is 23.8 Å². The highest BCUT2D eigenvalue weighted by atomic mass is 19.1. The Morgan fingerprint density at radius 2 is 1.64 bits per heavy atom. The van der Waals surface area contributed by atoms with Crippen LogP contribution in [0.2, 0.25) is 0 Å². The third-order valence-corrected chi connectivity index (χ3v) is 2.01. The number of hydrogen-bond donors (Lipinski definition) is 1. The van der Waals surface area contributed by atoms with Crippen molar-refractivity contribution >= 4 is 12.1 Å². The molecule has 0 aromatic heterocycles. The fourth-order valence-corrected chi connectivity index (χ4v) is 1.22. The molecular weight excluding hydrogens is 296 g/mol. The number of benzene rings is 1. The van der Waals surface area contributed by atoms with Crippen LogP contribution in [0.3, 0.4) is 0 Å². The zero-order valence-corrected chi connectivity index (χ0v) is 13.3. The lowest BCUT2D eigenvalue weighted by Crippen LogP contribution is -2.35. The summed E-state index contributed by atoms with van der Waals surface area (Å²) in [4.78, 5) is 21.5. The van der Waals surface area contributed by atoms with Gasteiger partial charge in [-0.1, -0.05) is 0 Å². The number of nitrogens with one attached hydrogen (secondary N) is 1. The zero-order valence-electron chi connectivity index (χ0n) is 13.3. The predicted octanol–water partition coefficient (Wildman–Crippen LogP) is 2.96. The number of esters is 1. The van der Waals surface area contributed by atoms with E-state index < -0.39 is 29.3 Å². The Bertz CT molecular complexity index is 462. The van der Waals surface area contributed by atoms with Crippen LogP contribution in [0, 0.1) is 18.6 Å². The van der Waals surface area contributed by atoms with Crippen LogP contribution in [-0.2, 0) is 14.3 Å². The number of carbonyl (C=O) groups excluding carboxylic acids is 2. The second kappa shape index (κ2) is 8.96. The molecule has 7 heteroatoms. The topological polar surface area (TPSA) is 64.6 Å². The van der Waals surface area contributed by atoms with E-state index in [0.29, 0.717) is 5.56 Å². The number of alkyl carbamates (subject to hydrolysis) is 1. The molecule has 0 heterocycles. The van der Waals surface area contributed by atoms with Gasteiger partial charge in [0.2, 0.25) is 0 Å². The fraction of sp³-hybridized carbons (Fsp3) is 0.467. The largest absolute Gasteiger partial charge is 0.468 e. The summed E-state index contributed by atoms with van der Waals surface area (Å²) in [6.07, 6.45) is -0.627. The second-order valence-electron chi connectivity index (χ2n) is 5.38. The van der Waals surface area contributed by atoms with E-state index in [1.54, 1.807) is 27.7 Å². The first kappa shape index (κ1) is 19.8. The maximum Gasteiger partial charge on any atom is 0.408 e. The molecule has 0 atom stereocenters. The highest BCUT2D eigenvalue weighted by Gasteiger charge is 2.16. The van der Waals surface area contributed by atoms with Crippen molar-refractivity contribution in [1.82, 2.24) is 5.32 Å². The average Bonchev–Trinajstić information content (AvgIpc) is 2.32. The van der Waals surface area contributed by atoms with E-state index in [1.165, 1.54) is 19.2 Å². The summed E-state index contributed by atoms with van der Waals surface area (Å²) in [7, 11) is 1.25. The van der Waals surface area contributed by atoms with Gasteiger partial charge in [-0.3, -0.25) is 4.79 Å². The molecule has 1 rings (SSSR count). The number of hydrogen-bond acceptors (Lipinski definition) is 4. The smallest absolute Gasteiger partial charge is 0.408 e. The first-order chi connectivity index (χ1) is 10.0. The van der Waals surface area contributed by atoms with Gasteiger partial charge in [0, 0.05) is 6.07 Å². The molecule has 0 spiro atoms. The lowest BCUT2D eigenvalue weighted by atomic mass is 10.2. The summed E-state index contributed by atoms with van der Waals surface area (Å²) in [5.74, 6) is -1.55. The van der Waals surface area contributed by atoms with Crippen LogP contribution in [0.4, 0.5) is 13.6 Å². The molecule has 0 radical (unpaired) electrons. The van der Waals surface area contributed by atoms with E-state index in [2.05, 4.69) is 10.1 Å². The van der Waals surface area contributed by atoms with E-state index >= 15 is 0 Å². The Morgan fingerprint density at radius 3 is 2.00 bits per heavy atom. The lowest BCUT2D eigenvalue weighted by molar-refractivity contribution is -0.139. The average molecular weight is 317 g/mol. The van der Waals surface area contributed by atoms with E-state index in [-0.39, 0.29) is 6.54 Å². The fourth-order valence-electron chi connectivity index (χ4n) is 1.22. The number of amides is 1. The van der Waals surface area contributed by atoms with Gasteiger partial charge in [-0.2, -0.15) is 0 Å². The minimum absolute atomic E-state index is 0.175. The SMILES string of the molecule is COC(=O)CNC(=O)OC(C)(C)C.Cc1cc(F)cc(F)c1. The van der Waals surface area contributed by atoms with Gasteiger partial charge in [-0.15, -0.1) is 0 Å². The molecule has 1 amide bonds. The first-order valence-electron chi connectivity index (χ1n) is 6.50. The molecule has 1 N–H and O–H groups in total. The Balaban J connectivity index is 0.000000425. The molecule has 22 heavy (non-hydrogen) atoms. The summed E-state index contributed by atoms with van der Waals surface area (Å²) in [5, 5.41) is 2.25. The maximum absolute atomic E-state index is 12.2. The number of carbonyl (C=O) groups is 2. The van der Waals surface area contributed by atoms with Crippen molar-refractivity contribution in [3.05, 3.63) is 35.4 Å². The van der Waals surface area contributed by atoms with Crippen LogP contribution < -0.4 is 5.32 Å². The van der Waals surface area contributed by atoms with E-state index in [9.17, 15) is 18.4 Å². The Morgan fingerprint density at radius 1 is 1.14 bits per heavy atom. The van der Waals surface area contributed by atoms with E-state index in [4.69, 9.17) is 4.74 Å². The van der Waals surface area contributed by atoms with Gasteiger partial charge in [-0.25, -0.2) is 13.6 Å². The van der Waals surface area contributed by atoms with Crippen molar-refractivity contribution in [2.75, 3.05) is 13.7 Å². The monoisotopic (exact) mass is 317 g/mol. The highest BCUT2D eigenvalue weighted by Crippen LogP contribution is 2.06. The van der Waals surface area contributed by atoms with Crippen LogP contribution in [0.25, 0.3) is 0 Å². The molecule has 0 aliphatic heterocycles. The van der Waals surface area contributed by atoms with Gasteiger partial charge in [-0.05, 0) is 45.4 Å². The number of methoxy groups -OCH3 is 1. The van der Waals surface area contributed by atoms with Crippen LogP contribution in [-0.4, -0.2) is 31.3 Å². The Kier molecular flexibility index (Phi) is 8.08. The van der Waals surface area contributed by atoms with Crippen LogP contribution in [0.1, 0.15) is 26.3 Å². The van der Waals surface area contributed by atoms with Crippen molar-refractivity contribution in [3.63, 3.8) is 0 Å². The molecule has 0 bridgehead atoms. The Labute approximate surface area is 128 Å². The summed E-state index contributed by atoms with van der Waals surface area (Å²) in [6.45, 7) is 6.69. The van der Waals surface area contributed by atoms with Crippen LogP contribution in [0.5, 0.6) is 0 Å². The molecule has 0 fully saturated rings. The van der Waals surface area contributed by atoms with E-state index in [1.807, 2.05) is 0 Å². The third kappa shape index (κ3) is 10.6. The molecule has 0 aliphatic rings. The summed E-state index contributed by atoms with van der Waals surface area (Å²) < 4.78 is 33.6. The first-order valence-corrected chi connectivity index (χ1v) is 6.50. The summed E-state index contributed by atoms with van der Waals surface area (Å²) in [5.41, 5.74) is 0.0488. The quantitative estimate of drug-likeness (QED) is 0.852. The molecule has 1 aromatic carbocycles. The summed E-state index contributed by atoms with van der Waals surface area (Å²) in [6, 6.07) is 3.42. The summed E-state index contributed by atoms with van der Waals surface area (Å²) >= 11 is 0. The Hall–Kier alpha value is -2.18. The molecule has 5 nitrogen and oxygen atoms in total. The van der Waals surface area contributed by atoms with Gasteiger partial charge in [0.25, 0.3) is 0 Å². The number of halogens is 2. The standard InChI is InChI=1S/C8H15NO4.C7H6F2/c1-8(2,3)13-7(11)9-5-6(10)12-4;1-5-2-6(8)4-7(9)3-5/h5H2,1-4H3,(H,9,11);2-4H,1H3. The molecule has 0 saturated carbocycles. The minimum Gasteiger partial charge on any atom is -0.468 e. The van der Waals surface area contributed by atoms with Crippen molar-refractivity contribution < 1.29 is 27.8 Å². The van der Waals surface area contributed by atoms with Crippen molar-refractivity contribution in [2.24, 2.45) is 0 Å². The third-order valence-electron chi connectivity index (χ3n) is 2.01. The molecule has 0 saturated heterocycles. The molecule has 1 aromatic rings. The molecule has 0 aliphatic carbocycles. The van der Waals surface area contributed by atoms with Gasteiger partial charge < -0.3 is 14.8 Å². The van der Waals surface area contributed by atoms with Crippen molar-refractivity contribution in [2.45, 2.75) is 33.3 Å². The second-order valence-corrected chi connectivity index (χ2v) is 5.38. The zero-order chi connectivity index (χ0) is 17.3. The molecule has 124 valence electrons. The van der Waals surface area contributed by atoms with Crippen molar-refractivity contribution in [3.8, 4) is 0 Å². The lowest BCUT2D eigenvalue weighted by Gasteiger charge is -2.19. The van der Waals surface area contributed by atoms with Gasteiger partial charge in [0.05, 0.1) is 7.11 Å². The van der Waals surface area contributed by atoms with Crippen molar-refractivity contribution in [1.29, 1.82) is 0 Å². The van der Waals surface area contributed by atoms with Gasteiger partial charge in [0.15, 0.2) is 0 Å². The minimum atomic E-state index is -0.627. The molecular formula is C15H21F2NO4. The van der Waals surface area contributed by atoms with E-state index in [0.717, 1.165) is 6.07 Å². The predicted molar refractivity (Wildman–Crippen MR) is 77.3 cm³/mol.